The van der Waals surface area contributed by atoms with Crippen LogP contribution in [0.3, 0.4) is 0 Å². The van der Waals surface area contributed by atoms with Crippen molar-refractivity contribution in [2.75, 3.05) is 13.1 Å². The fraction of sp³-hybridized carbons (Fsp3) is 0.609. The normalized spacial score (nSPS) is 30.4. The van der Waals surface area contributed by atoms with Gasteiger partial charge in [-0.3, -0.25) is 24.6 Å². The first-order valence-electron chi connectivity index (χ1n) is 11.4. The van der Waals surface area contributed by atoms with E-state index in [4.69, 9.17) is 4.74 Å². The fourth-order valence-corrected chi connectivity index (χ4v) is 5.44. The summed E-state index contributed by atoms with van der Waals surface area (Å²) in [6, 6.07) is 4.82. The van der Waals surface area contributed by atoms with Crippen LogP contribution >= 0.6 is 0 Å². The van der Waals surface area contributed by atoms with Crippen molar-refractivity contribution < 1.29 is 27.9 Å². The molecule has 3 amide bonds. The van der Waals surface area contributed by atoms with Crippen LogP contribution in [0.25, 0.3) is 0 Å². The van der Waals surface area contributed by atoms with E-state index in [1.807, 2.05) is 6.07 Å². The van der Waals surface area contributed by atoms with Gasteiger partial charge in [0, 0.05) is 50.5 Å². The summed E-state index contributed by atoms with van der Waals surface area (Å²) in [6.45, 7) is 1.07. The molecule has 3 heterocycles. The lowest BCUT2D eigenvalue weighted by atomic mass is 10.0. The summed E-state index contributed by atoms with van der Waals surface area (Å²) in [5.41, 5.74) is 1.34. The maximum absolute atomic E-state index is 13.5. The van der Waals surface area contributed by atoms with Crippen molar-refractivity contribution in [3.05, 3.63) is 29.3 Å². The Morgan fingerprint density at radius 1 is 1.06 bits per heavy atom. The highest BCUT2D eigenvalue weighted by Crippen LogP contribution is 2.36. The molecule has 9 heteroatoms. The van der Waals surface area contributed by atoms with Gasteiger partial charge in [0.2, 0.25) is 11.8 Å². The first-order chi connectivity index (χ1) is 15.3. The molecular formula is C23H27F2N3O4. The van der Waals surface area contributed by atoms with E-state index >= 15 is 0 Å². The molecule has 1 saturated carbocycles. The molecule has 3 aliphatic heterocycles. The summed E-state index contributed by atoms with van der Waals surface area (Å²) in [5, 5.41) is 2.31. The molecule has 0 bridgehead atoms. The maximum atomic E-state index is 13.5. The zero-order valence-electron chi connectivity index (χ0n) is 17.8. The highest BCUT2D eigenvalue weighted by molar-refractivity contribution is 6.05. The molecule has 32 heavy (non-hydrogen) atoms. The van der Waals surface area contributed by atoms with Gasteiger partial charge in [-0.1, -0.05) is 0 Å². The van der Waals surface area contributed by atoms with E-state index in [0.717, 1.165) is 24.8 Å². The second-order valence-corrected chi connectivity index (χ2v) is 9.27. The Bertz CT molecular complexity index is 943. The zero-order valence-corrected chi connectivity index (χ0v) is 17.8. The summed E-state index contributed by atoms with van der Waals surface area (Å²) in [6.07, 6.45) is 3.07. The Hall–Kier alpha value is -2.55. The molecule has 0 spiro atoms. The lowest BCUT2D eigenvalue weighted by Crippen LogP contribution is -2.52. The zero-order chi connectivity index (χ0) is 22.5. The van der Waals surface area contributed by atoms with Gasteiger partial charge in [0.15, 0.2) is 0 Å². The van der Waals surface area contributed by atoms with Crippen molar-refractivity contribution >= 4 is 17.7 Å². The number of carbonyl (C=O) groups excluding carboxylic acids is 3. The van der Waals surface area contributed by atoms with Gasteiger partial charge in [-0.25, -0.2) is 8.78 Å². The highest BCUT2D eigenvalue weighted by atomic mass is 19.3. The molecule has 1 unspecified atom stereocenters. The average molecular weight is 447 g/mol. The Labute approximate surface area is 185 Å². The second-order valence-electron chi connectivity index (χ2n) is 9.27. The number of hydrogen-bond donors (Lipinski definition) is 1. The van der Waals surface area contributed by atoms with Gasteiger partial charge in [-0.05, 0) is 49.4 Å². The number of nitrogens with zero attached hydrogens (tertiary/aromatic N) is 2. The summed E-state index contributed by atoms with van der Waals surface area (Å²) < 4.78 is 33.4. The van der Waals surface area contributed by atoms with E-state index in [1.165, 1.54) is 4.90 Å². The number of imide groups is 1. The van der Waals surface area contributed by atoms with Crippen LogP contribution in [0.15, 0.2) is 18.2 Å². The molecule has 7 nitrogen and oxygen atoms in total. The number of piperidine rings is 2. The highest BCUT2D eigenvalue weighted by Gasteiger charge is 2.42. The SMILES string of the molecule is O=C1CCC(N2Cc3cc(O[C@H]4CCC[C@@H]4N4CCC(F)(F)CC4)ccc3C2=O)C(=O)N1. The molecule has 2 saturated heterocycles. The van der Waals surface area contributed by atoms with E-state index in [9.17, 15) is 23.2 Å². The molecule has 1 aromatic rings. The molecule has 1 aromatic carbocycles. The number of ether oxygens (including phenoxy) is 1. The number of amides is 3. The molecule has 172 valence electrons. The minimum absolute atomic E-state index is 0.0666. The Morgan fingerprint density at radius 3 is 2.59 bits per heavy atom. The summed E-state index contributed by atoms with van der Waals surface area (Å²) in [5.74, 6) is -2.86. The number of fused-ring (bicyclic) bond motifs is 1. The minimum Gasteiger partial charge on any atom is -0.489 e. The molecule has 1 aliphatic carbocycles. The molecule has 0 radical (unpaired) electrons. The van der Waals surface area contributed by atoms with Crippen molar-refractivity contribution in [2.45, 2.75) is 75.6 Å². The minimum atomic E-state index is -2.56. The van der Waals surface area contributed by atoms with Crippen LogP contribution in [0.4, 0.5) is 8.78 Å². The molecule has 4 aliphatic rings. The number of halogens is 2. The third-order valence-corrected chi connectivity index (χ3v) is 7.20. The standard InChI is InChI=1S/C23H27F2N3O4/c24-23(25)8-10-27(11-9-23)17-2-1-3-19(17)32-15-4-5-16-14(12-15)13-28(22(16)31)18-6-7-20(29)26-21(18)30/h4-5,12,17-19H,1-3,6-11,13H2,(H,26,29,30)/t17-,18?,19-/m0/s1. The van der Waals surface area contributed by atoms with Crippen molar-refractivity contribution in [1.29, 1.82) is 0 Å². The lowest BCUT2D eigenvalue weighted by molar-refractivity contribution is -0.136. The Balaban J connectivity index is 1.26. The monoisotopic (exact) mass is 447 g/mol. The molecular weight excluding hydrogens is 420 g/mol. The molecule has 0 aromatic heterocycles. The number of rotatable bonds is 4. The average Bonchev–Trinajstić information content (AvgIpc) is 3.33. The van der Waals surface area contributed by atoms with Crippen LogP contribution in [-0.4, -0.2) is 64.7 Å². The van der Waals surface area contributed by atoms with Crippen molar-refractivity contribution in [1.82, 2.24) is 15.1 Å². The van der Waals surface area contributed by atoms with E-state index in [2.05, 4.69) is 10.2 Å². The lowest BCUT2D eigenvalue weighted by Gasteiger charge is -2.38. The van der Waals surface area contributed by atoms with Crippen molar-refractivity contribution in [3.8, 4) is 5.75 Å². The topological polar surface area (TPSA) is 79.0 Å². The van der Waals surface area contributed by atoms with E-state index in [0.29, 0.717) is 37.4 Å². The molecule has 5 rings (SSSR count). The van der Waals surface area contributed by atoms with E-state index < -0.39 is 17.9 Å². The third kappa shape index (κ3) is 3.98. The summed E-state index contributed by atoms with van der Waals surface area (Å²) in [7, 11) is 0. The number of nitrogens with one attached hydrogen (secondary N) is 1. The number of alkyl halides is 2. The van der Waals surface area contributed by atoms with Crippen LogP contribution in [0.2, 0.25) is 0 Å². The first kappa shape index (κ1) is 21.3. The first-order valence-corrected chi connectivity index (χ1v) is 11.4. The summed E-state index contributed by atoms with van der Waals surface area (Å²) in [4.78, 5) is 40.1. The summed E-state index contributed by atoms with van der Waals surface area (Å²) >= 11 is 0. The largest absolute Gasteiger partial charge is 0.489 e. The smallest absolute Gasteiger partial charge is 0.255 e. The van der Waals surface area contributed by atoms with Gasteiger partial charge in [0.25, 0.3) is 11.8 Å². The van der Waals surface area contributed by atoms with Crippen LogP contribution < -0.4 is 10.1 Å². The molecule has 3 fully saturated rings. The number of carbonyl (C=O) groups is 3. The number of benzene rings is 1. The molecule has 3 atom stereocenters. The van der Waals surface area contributed by atoms with Gasteiger partial charge in [0.05, 0.1) is 0 Å². The maximum Gasteiger partial charge on any atom is 0.255 e. The van der Waals surface area contributed by atoms with Gasteiger partial charge in [-0.2, -0.15) is 0 Å². The van der Waals surface area contributed by atoms with Gasteiger partial charge < -0.3 is 9.64 Å². The van der Waals surface area contributed by atoms with Crippen LogP contribution in [-0.2, 0) is 16.1 Å². The second kappa shape index (κ2) is 8.10. The number of hydrogen-bond acceptors (Lipinski definition) is 5. The number of likely N-dealkylation sites (tertiary alicyclic amines) is 1. The van der Waals surface area contributed by atoms with Crippen molar-refractivity contribution in [2.24, 2.45) is 0 Å². The molecule has 1 N–H and O–H groups in total. The van der Waals surface area contributed by atoms with Gasteiger partial charge in [-0.15, -0.1) is 0 Å². The van der Waals surface area contributed by atoms with E-state index in [1.54, 1.807) is 12.1 Å². The van der Waals surface area contributed by atoms with Crippen LogP contribution in [0, 0.1) is 0 Å². The van der Waals surface area contributed by atoms with Crippen LogP contribution in [0.1, 0.15) is 60.9 Å². The Morgan fingerprint density at radius 2 is 1.84 bits per heavy atom. The predicted octanol–water partition coefficient (Wildman–Crippen LogP) is 2.48. The predicted molar refractivity (Wildman–Crippen MR) is 110 cm³/mol. The quantitative estimate of drug-likeness (QED) is 0.718. The van der Waals surface area contributed by atoms with Crippen molar-refractivity contribution in [3.63, 3.8) is 0 Å². The van der Waals surface area contributed by atoms with Crippen LogP contribution in [0.5, 0.6) is 5.75 Å². The van der Waals surface area contributed by atoms with E-state index in [-0.39, 0.29) is 43.2 Å². The Kier molecular flexibility index (Phi) is 5.39. The third-order valence-electron chi connectivity index (χ3n) is 7.20. The van der Waals surface area contributed by atoms with Gasteiger partial charge >= 0.3 is 0 Å². The van der Waals surface area contributed by atoms with Gasteiger partial charge in [0.1, 0.15) is 17.9 Å². The fourth-order valence-electron chi connectivity index (χ4n) is 5.44.